The predicted octanol–water partition coefficient (Wildman–Crippen LogP) is 0.930. The van der Waals surface area contributed by atoms with Crippen molar-refractivity contribution >= 4 is 0 Å². The minimum absolute atomic E-state index is 0.512. The Bertz CT molecular complexity index is 558. The first kappa shape index (κ1) is 14.1. The largest absolute Gasteiger partial charge is 0.493 e. The summed E-state index contributed by atoms with van der Waals surface area (Å²) in [5.41, 5.74) is 7.05. The molecule has 0 bridgehead atoms. The summed E-state index contributed by atoms with van der Waals surface area (Å²) in [5.74, 6) is 1.71. The number of hydrogen-bond donors (Lipinski definition) is 1. The van der Waals surface area contributed by atoms with Crippen LogP contribution in [0.4, 0.5) is 0 Å². The average Bonchev–Trinajstić information content (AvgIpc) is 2.94. The molecule has 7 heteroatoms. The van der Waals surface area contributed by atoms with Crippen molar-refractivity contribution in [2.75, 3.05) is 27.9 Å². The summed E-state index contributed by atoms with van der Waals surface area (Å²) in [7, 11) is 4.72. The van der Waals surface area contributed by atoms with E-state index in [4.69, 9.17) is 19.9 Å². The number of aromatic nitrogens is 3. The van der Waals surface area contributed by atoms with Crippen LogP contribution in [0.15, 0.2) is 18.3 Å². The van der Waals surface area contributed by atoms with Gasteiger partial charge in [0.25, 0.3) is 0 Å². The van der Waals surface area contributed by atoms with Crippen molar-refractivity contribution in [3.05, 3.63) is 18.3 Å². The Morgan fingerprint density at radius 3 is 2.25 bits per heavy atom. The molecule has 2 aromatic rings. The van der Waals surface area contributed by atoms with Crippen LogP contribution in [0.2, 0.25) is 0 Å². The number of nitrogens with two attached hydrogens (primary N) is 1. The van der Waals surface area contributed by atoms with Crippen molar-refractivity contribution < 1.29 is 14.2 Å². The number of nitrogens with zero attached hydrogens (tertiary/aromatic N) is 3. The Labute approximate surface area is 117 Å². The highest BCUT2D eigenvalue weighted by Gasteiger charge is 2.15. The third kappa shape index (κ3) is 2.67. The van der Waals surface area contributed by atoms with E-state index in [1.165, 1.54) is 0 Å². The molecule has 2 N–H and O–H groups in total. The van der Waals surface area contributed by atoms with Gasteiger partial charge in [-0.15, -0.1) is 5.10 Å². The Morgan fingerprint density at radius 2 is 1.75 bits per heavy atom. The van der Waals surface area contributed by atoms with E-state index in [-0.39, 0.29) is 0 Å². The summed E-state index contributed by atoms with van der Waals surface area (Å²) in [6.45, 7) is 1.13. The molecule has 7 nitrogen and oxygen atoms in total. The smallest absolute Gasteiger partial charge is 0.203 e. The van der Waals surface area contributed by atoms with Crippen molar-refractivity contribution in [1.29, 1.82) is 0 Å². The molecule has 0 unspecified atom stereocenters. The van der Waals surface area contributed by atoms with Gasteiger partial charge >= 0.3 is 0 Å². The van der Waals surface area contributed by atoms with Gasteiger partial charge in [0.15, 0.2) is 11.5 Å². The third-order valence-electron chi connectivity index (χ3n) is 2.86. The summed E-state index contributed by atoms with van der Waals surface area (Å²) in [6.07, 6.45) is 1.83. The molecule has 0 amide bonds. The van der Waals surface area contributed by atoms with Crippen LogP contribution < -0.4 is 19.9 Å². The zero-order valence-corrected chi connectivity index (χ0v) is 11.8. The normalized spacial score (nSPS) is 10.4. The topological polar surface area (TPSA) is 84.4 Å². The number of methoxy groups -OCH3 is 3. The number of benzene rings is 1. The standard InChI is InChI=1S/C13H18N4O3/c1-18-11-6-9(7-12(19-2)13(11)20-3)10-8-17(5-4-14)16-15-10/h6-8H,4-5,14H2,1-3H3. The molecule has 1 heterocycles. The van der Waals surface area contributed by atoms with Gasteiger partial charge in [0.05, 0.1) is 34.1 Å². The fourth-order valence-electron chi connectivity index (χ4n) is 1.90. The minimum atomic E-state index is 0.512. The maximum atomic E-state index is 5.49. The van der Waals surface area contributed by atoms with Gasteiger partial charge in [0.2, 0.25) is 5.75 Å². The van der Waals surface area contributed by atoms with E-state index >= 15 is 0 Å². The highest BCUT2D eigenvalue weighted by Crippen LogP contribution is 2.40. The van der Waals surface area contributed by atoms with E-state index in [2.05, 4.69) is 10.3 Å². The Balaban J connectivity index is 2.45. The second-order valence-corrected chi connectivity index (χ2v) is 4.07. The fraction of sp³-hybridized carbons (Fsp3) is 0.385. The van der Waals surface area contributed by atoms with E-state index in [1.54, 1.807) is 26.0 Å². The summed E-state index contributed by atoms with van der Waals surface area (Å²) in [4.78, 5) is 0. The SMILES string of the molecule is COc1cc(-c2cn(CCN)nn2)cc(OC)c1OC. The highest BCUT2D eigenvalue weighted by molar-refractivity contribution is 5.68. The van der Waals surface area contributed by atoms with Crippen LogP contribution in [0.5, 0.6) is 17.2 Å². The van der Waals surface area contributed by atoms with E-state index in [0.717, 1.165) is 11.3 Å². The molecule has 1 aromatic heterocycles. The molecule has 0 saturated carbocycles. The molecule has 0 fully saturated rings. The molecule has 108 valence electrons. The second-order valence-electron chi connectivity index (χ2n) is 4.07. The van der Waals surface area contributed by atoms with Crippen molar-refractivity contribution in [3.63, 3.8) is 0 Å². The Hall–Kier alpha value is -2.28. The van der Waals surface area contributed by atoms with Crippen LogP contribution in [0.1, 0.15) is 0 Å². The third-order valence-corrected chi connectivity index (χ3v) is 2.86. The van der Waals surface area contributed by atoms with Crippen molar-refractivity contribution in [2.24, 2.45) is 5.73 Å². The Kier molecular flexibility index (Phi) is 4.41. The van der Waals surface area contributed by atoms with Crippen molar-refractivity contribution in [2.45, 2.75) is 6.54 Å². The fourth-order valence-corrected chi connectivity index (χ4v) is 1.90. The molecule has 0 radical (unpaired) electrons. The Morgan fingerprint density at radius 1 is 1.10 bits per heavy atom. The molecular weight excluding hydrogens is 260 g/mol. The first-order valence-electron chi connectivity index (χ1n) is 6.14. The molecule has 0 saturated heterocycles. The van der Waals surface area contributed by atoms with Crippen molar-refractivity contribution in [3.8, 4) is 28.5 Å². The van der Waals surface area contributed by atoms with E-state index in [9.17, 15) is 0 Å². The lowest BCUT2D eigenvalue weighted by atomic mass is 10.1. The van der Waals surface area contributed by atoms with E-state index in [0.29, 0.717) is 30.3 Å². The van der Waals surface area contributed by atoms with Crippen LogP contribution in [0.25, 0.3) is 11.3 Å². The zero-order valence-electron chi connectivity index (χ0n) is 11.8. The molecule has 0 spiro atoms. The summed E-state index contributed by atoms with van der Waals surface area (Å²) in [5, 5.41) is 8.13. The van der Waals surface area contributed by atoms with Gasteiger partial charge in [-0.2, -0.15) is 0 Å². The van der Waals surface area contributed by atoms with Crippen LogP contribution >= 0.6 is 0 Å². The molecule has 2 rings (SSSR count). The predicted molar refractivity (Wildman–Crippen MR) is 74.2 cm³/mol. The molecule has 0 atom stereocenters. The second kappa shape index (κ2) is 6.25. The molecule has 0 aliphatic rings. The quantitative estimate of drug-likeness (QED) is 0.846. The molecule has 0 aliphatic heterocycles. The van der Waals surface area contributed by atoms with Gasteiger partial charge in [-0.05, 0) is 12.1 Å². The highest BCUT2D eigenvalue weighted by atomic mass is 16.5. The van der Waals surface area contributed by atoms with Crippen molar-refractivity contribution in [1.82, 2.24) is 15.0 Å². The molecule has 0 aliphatic carbocycles. The lowest BCUT2D eigenvalue weighted by Crippen LogP contribution is -2.10. The van der Waals surface area contributed by atoms with Crippen LogP contribution in [0, 0.1) is 0 Å². The monoisotopic (exact) mass is 278 g/mol. The van der Waals surface area contributed by atoms with Gasteiger partial charge in [-0.3, -0.25) is 4.68 Å². The number of ether oxygens (including phenoxy) is 3. The molecule has 1 aromatic carbocycles. The van der Waals surface area contributed by atoms with Gasteiger partial charge in [0, 0.05) is 12.1 Å². The summed E-state index contributed by atoms with van der Waals surface area (Å²) < 4.78 is 17.6. The van der Waals surface area contributed by atoms with Gasteiger partial charge in [0.1, 0.15) is 5.69 Å². The van der Waals surface area contributed by atoms with Gasteiger partial charge in [-0.1, -0.05) is 5.21 Å². The van der Waals surface area contributed by atoms with Gasteiger partial charge in [-0.25, -0.2) is 0 Å². The summed E-state index contributed by atoms with van der Waals surface area (Å²) in [6, 6.07) is 3.66. The first-order valence-corrected chi connectivity index (χ1v) is 6.14. The lowest BCUT2D eigenvalue weighted by Gasteiger charge is -2.13. The average molecular weight is 278 g/mol. The van der Waals surface area contributed by atoms with Crippen LogP contribution in [0.3, 0.4) is 0 Å². The lowest BCUT2D eigenvalue weighted by molar-refractivity contribution is 0.324. The maximum Gasteiger partial charge on any atom is 0.203 e. The van der Waals surface area contributed by atoms with Gasteiger partial charge < -0.3 is 19.9 Å². The number of hydrogen-bond acceptors (Lipinski definition) is 6. The molecular formula is C13H18N4O3. The molecule has 20 heavy (non-hydrogen) atoms. The van der Waals surface area contributed by atoms with Crippen LogP contribution in [-0.4, -0.2) is 42.9 Å². The minimum Gasteiger partial charge on any atom is -0.493 e. The van der Waals surface area contributed by atoms with E-state index in [1.807, 2.05) is 18.3 Å². The summed E-state index contributed by atoms with van der Waals surface area (Å²) >= 11 is 0. The maximum absolute atomic E-state index is 5.49. The van der Waals surface area contributed by atoms with Crippen LogP contribution in [-0.2, 0) is 6.54 Å². The van der Waals surface area contributed by atoms with E-state index < -0.39 is 0 Å². The number of rotatable bonds is 6. The first-order chi connectivity index (χ1) is 9.73. The zero-order chi connectivity index (χ0) is 14.5.